The van der Waals surface area contributed by atoms with E-state index < -0.39 is 5.72 Å². The minimum atomic E-state index is -0.458. The van der Waals surface area contributed by atoms with Crippen molar-refractivity contribution in [3.05, 3.63) is 0 Å². The molecule has 0 aromatic heterocycles. The van der Waals surface area contributed by atoms with Gasteiger partial charge in [0, 0.05) is 13.0 Å². The molecule has 3 nitrogen and oxygen atoms in total. The fourth-order valence-electron chi connectivity index (χ4n) is 0.525. The van der Waals surface area contributed by atoms with E-state index in [1.54, 1.807) is 0 Å². The van der Waals surface area contributed by atoms with E-state index in [1.165, 1.54) is 0 Å². The van der Waals surface area contributed by atoms with Gasteiger partial charge in [-0.15, -0.1) is 0 Å². The summed E-state index contributed by atoms with van der Waals surface area (Å²) in [5.41, 5.74) is 10.2. The van der Waals surface area contributed by atoms with Crippen LogP contribution in [0.4, 0.5) is 0 Å². The summed E-state index contributed by atoms with van der Waals surface area (Å²) in [5.74, 6) is 0. The molecule has 1 atom stereocenters. The SMILES string of the molecule is NCC1(N)CCO1. The smallest absolute Gasteiger partial charge is 0.131 e. The summed E-state index contributed by atoms with van der Waals surface area (Å²) in [4.78, 5) is 0. The van der Waals surface area contributed by atoms with Gasteiger partial charge in [0.2, 0.25) is 0 Å². The Kier molecular flexibility index (Phi) is 1.03. The van der Waals surface area contributed by atoms with Crippen LogP contribution in [0.25, 0.3) is 0 Å². The Morgan fingerprint density at radius 1 is 1.71 bits per heavy atom. The molecule has 0 bridgehead atoms. The third-order valence-corrected chi connectivity index (χ3v) is 1.26. The van der Waals surface area contributed by atoms with Crippen LogP contribution < -0.4 is 11.5 Å². The van der Waals surface area contributed by atoms with Gasteiger partial charge in [-0.25, -0.2) is 0 Å². The van der Waals surface area contributed by atoms with Crippen molar-refractivity contribution in [1.82, 2.24) is 0 Å². The molecule has 0 saturated carbocycles. The second kappa shape index (κ2) is 1.43. The Labute approximate surface area is 42.6 Å². The molecule has 0 aliphatic carbocycles. The highest BCUT2D eigenvalue weighted by Gasteiger charge is 2.31. The molecule has 1 aliphatic rings. The molecule has 0 aromatic carbocycles. The van der Waals surface area contributed by atoms with Crippen molar-refractivity contribution >= 4 is 0 Å². The summed E-state index contributed by atoms with van der Waals surface area (Å²) in [7, 11) is 0. The maximum Gasteiger partial charge on any atom is 0.131 e. The van der Waals surface area contributed by atoms with Crippen LogP contribution in [-0.2, 0) is 4.74 Å². The van der Waals surface area contributed by atoms with Gasteiger partial charge in [0.1, 0.15) is 5.72 Å². The van der Waals surface area contributed by atoms with Crippen molar-refractivity contribution in [1.29, 1.82) is 0 Å². The molecule has 0 amide bonds. The van der Waals surface area contributed by atoms with E-state index in [4.69, 9.17) is 16.2 Å². The second-order valence-corrected chi connectivity index (χ2v) is 1.87. The van der Waals surface area contributed by atoms with E-state index >= 15 is 0 Å². The van der Waals surface area contributed by atoms with Crippen LogP contribution in [0.15, 0.2) is 0 Å². The van der Waals surface area contributed by atoms with Crippen LogP contribution in [0.5, 0.6) is 0 Å². The van der Waals surface area contributed by atoms with E-state index in [-0.39, 0.29) is 0 Å². The first kappa shape index (κ1) is 5.03. The van der Waals surface area contributed by atoms with Crippen LogP contribution >= 0.6 is 0 Å². The lowest BCUT2D eigenvalue weighted by atomic mass is 10.1. The summed E-state index contributed by atoms with van der Waals surface area (Å²) < 4.78 is 4.92. The number of ether oxygens (including phenoxy) is 1. The zero-order valence-corrected chi connectivity index (χ0v) is 4.18. The minimum absolute atomic E-state index is 0.438. The fourth-order valence-corrected chi connectivity index (χ4v) is 0.525. The van der Waals surface area contributed by atoms with Crippen molar-refractivity contribution < 1.29 is 4.74 Å². The van der Waals surface area contributed by atoms with Crippen molar-refractivity contribution in [3.8, 4) is 0 Å². The number of hydrogen-bond acceptors (Lipinski definition) is 3. The second-order valence-electron chi connectivity index (χ2n) is 1.87. The van der Waals surface area contributed by atoms with Crippen molar-refractivity contribution in [3.63, 3.8) is 0 Å². The van der Waals surface area contributed by atoms with Crippen LogP contribution in [0, 0.1) is 0 Å². The molecular weight excluding hydrogens is 92.1 g/mol. The largest absolute Gasteiger partial charge is 0.359 e. The Hall–Kier alpha value is -0.120. The summed E-state index contributed by atoms with van der Waals surface area (Å²) in [5, 5.41) is 0. The molecule has 0 aromatic rings. The van der Waals surface area contributed by atoms with Crippen molar-refractivity contribution in [2.24, 2.45) is 11.5 Å². The highest BCUT2D eigenvalue weighted by molar-refractivity contribution is 4.80. The predicted octanol–water partition coefficient (Wildman–Crippen LogP) is -0.980. The average molecular weight is 102 g/mol. The van der Waals surface area contributed by atoms with Crippen molar-refractivity contribution in [2.75, 3.05) is 13.2 Å². The maximum atomic E-state index is 5.45. The molecule has 1 rings (SSSR count). The van der Waals surface area contributed by atoms with Crippen LogP contribution in [0.1, 0.15) is 6.42 Å². The lowest BCUT2D eigenvalue weighted by Gasteiger charge is -2.36. The molecule has 42 valence electrons. The van der Waals surface area contributed by atoms with Crippen LogP contribution in [0.2, 0.25) is 0 Å². The zero-order chi connectivity index (χ0) is 5.33. The Balaban J connectivity index is 2.29. The van der Waals surface area contributed by atoms with Gasteiger partial charge in [-0.1, -0.05) is 0 Å². The zero-order valence-electron chi connectivity index (χ0n) is 4.18. The number of nitrogens with two attached hydrogens (primary N) is 2. The third kappa shape index (κ3) is 0.748. The van der Waals surface area contributed by atoms with E-state index in [1.807, 2.05) is 0 Å². The number of hydrogen-bond donors (Lipinski definition) is 2. The van der Waals surface area contributed by atoms with Crippen LogP contribution in [0.3, 0.4) is 0 Å². The first-order valence-corrected chi connectivity index (χ1v) is 2.40. The fraction of sp³-hybridized carbons (Fsp3) is 1.00. The van der Waals surface area contributed by atoms with Gasteiger partial charge in [0.25, 0.3) is 0 Å². The molecule has 0 spiro atoms. The summed E-state index contributed by atoms with van der Waals surface area (Å²) in [6.07, 6.45) is 0.906. The molecule has 1 fully saturated rings. The predicted molar refractivity (Wildman–Crippen MR) is 26.5 cm³/mol. The molecule has 1 heterocycles. The monoisotopic (exact) mass is 102 g/mol. The quantitative estimate of drug-likeness (QED) is 0.447. The third-order valence-electron chi connectivity index (χ3n) is 1.26. The van der Waals surface area contributed by atoms with Crippen molar-refractivity contribution in [2.45, 2.75) is 12.1 Å². The van der Waals surface area contributed by atoms with E-state index in [9.17, 15) is 0 Å². The highest BCUT2D eigenvalue weighted by Crippen LogP contribution is 2.17. The summed E-state index contributed by atoms with van der Waals surface area (Å²) >= 11 is 0. The lowest BCUT2D eigenvalue weighted by Crippen LogP contribution is -2.57. The molecule has 1 unspecified atom stereocenters. The Morgan fingerprint density at radius 2 is 2.29 bits per heavy atom. The molecule has 1 aliphatic heterocycles. The molecule has 4 N–H and O–H groups in total. The lowest BCUT2D eigenvalue weighted by molar-refractivity contribution is -0.135. The van der Waals surface area contributed by atoms with E-state index in [0.717, 1.165) is 13.0 Å². The Bertz CT molecular complexity index is 64.6. The molecule has 7 heavy (non-hydrogen) atoms. The first-order valence-electron chi connectivity index (χ1n) is 2.40. The topological polar surface area (TPSA) is 61.3 Å². The maximum absolute atomic E-state index is 5.45. The van der Waals surface area contributed by atoms with Gasteiger partial charge in [0.05, 0.1) is 6.61 Å². The van der Waals surface area contributed by atoms with Gasteiger partial charge in [-0.3, -0.25) is 0 Å². The van der Waals surface area contributed by atoms with E-state index in [2.05, 4.69) is 0 Å². The average Bonchev–Trinajstić information content (AvgIpc) is 1.61. The van der Waals surface area contributed by atoms with Gasteiger partial charge in [-0.2, -0.15) is 0 Å². The van der Waals surface area contributed by atoms with Gasteiger partial charge < -0.3 is 16.2 Å². The van der Waals surface area contributed by atoms with Gasteiger partial charge in [0.15, 0.2) is 0 Å². The molecule has 1 saturated heterocycles. The molecule has 0 radical (unpaired) electrons. The van der Waals surface area contributed by atoms with Gasteiger partial charge >= 0.3 is 0 Å². The van der Waals surface area contributed by atoms with Crippen LogP contribution in [-0.4, -0.2) is 18.9 Å². The summed E-state index contributed by atoms with van der Waals surface area (Å²) in [6.45, 7) is 1.21. The highest BCUT2D eigenvalue weighted by atomic mass is 16.5. The first-order chi connectivity index (χ1) is 3.27. The number of rotatable bonds is 1. The van der Waals surface area contributed by atoms with Gasteiger partial charge in [-0.05, 0) is 0 Å². The minimum Gasteiger partial charge on any atom is -0.359 e. The summed E-state index contributed by atoms with van der Waals surface area (Å²) in [6, 6.07) is 0. The van der Waals surface area contributed by atoms with E-state index in [0.29, 0.717) is 6.54 Å². The Morgan fingerprint density at radius 3 is 2.29 bits per heavy atom. The normalized spacial score (nSPS) is 40.3. The molecule has 3 heteroatoms. The molecular formula is C4H10N2O. The standard InChI is InChI=1S/C4H10N2O/c5-3-4(6)1-2-7-4/h1-3,5-6H2.